The van der Waals surface area contributed by atoms with Gasteiger partial charge < -0.3 is 4.90 Å². The first-order chi connectivity index (χ1) is 7.66. The van der Waals surface area contributed by atoms with Gasteiger partial charge in [0.25, 0.3) is 0 Å². The highest BCUT2D eigenvalue weighted by molar-refractivity contribution is 6.62. The molecule has 0 saturated heterocycles. The van der Waals surface area contributed by atoms with Crippen LogP contribution in [0, 0.1) is 0 Å². The molecule has 0 aliphatic rings. The summed E-state index contributed by atoms with van der Waals surface area (Å²) in [5.74, 6) is 0. The SMILES string of the molecule is CN(Cc1ccc2ccccc2c1)C(=O)Cl. The van der Waals surface area contributed by atoms with Crippen LogP contribution in [-0.2, 0) is 6.54 Å². The van der Waals surface area contributed by atoms with E-state index in [0.717, 1.165) is 5.56 Å². The van der Waals surface area contributed by atoms with Crippen molar-refractivity contribution in [3.63, 3.8) is 0 Å². The predicted molar refractivity (Wildman–Crippen MR) is 66.7 cm³/mol. The minimum absolute atomic E-state index is 0.437. The van der Waals surface area contributed by atoms with Crippen molar-refractivity contribution in [2.24, 2.45) is 0 Å². The summed E-state index contributed by atoms with van der Waals surface area (Å²) in [6, 6.07) is 14.3. The number of amides is 1. The summed E-state index contributed by atoms with van der Waals surface area (Å²) in [5.41, 5.74) is 1.08. The maximum atomic E-state index is 10.9. The highest BCUT2D eigenvalue weighted by atomic mass is 35.5. The highest BCUT2D eigenvalue weighted by Crippen LogP contribution is 2.16. The van der Waals surface area contributed by atoms with E-state index in [1.807, 2.05) is 18.2 Å². The van der Waals surface area contributed by atoms with Gasteiger partial charge in [-0.25, -0.2) is 0 Å². The van der Waals surface area contributed by atoms with E-state index >= 15 is 0 Å². The Labute approximate surface area is 99.4 Å². The van der Waals surface area contributed by atoms with E-state index in [0.29, 0.717) is 6.54 Å². The fraction of sp³-hybridized carbons (Fsp3) is 0.154. The zero-order chi connectivity index (χ0) is 11.5. The molecule has 2 nitrogen and oxygen atoms in total. The topological polar surface area (TPSA) is 20.3 Å². The van der Waals surface area contributed by atoms with E-state index in [4.69, 9.17) is 11.6 Å². The molecule has 0 atom stereocenters. The van der Waals surface area contributed by atoms with Crippen molar-refractivity contribution in [2.45, 2.75) is 6.54 Å². The second-order valence-electron chi connectivity index (χ2n) is 3.79. The van der Waals surface area contributed by atoms with Gasteiger partial charge in [-0.15, -0.1) is 0 Å². The van der Waals surface area contributed by atoms with Crippen LogP contribution in [0.2, 0.25) is 0 Å². The van der Waals surface area contributed by atoms with Gasteiger partial charge in [0.2, 0.25) is 0 Å². The monoisotopic (exact) mass is 233 g/mol. The summed E-state index contributed by atoms with van der Waals surface area (Å²) in [6.07, 6.45) is 0. The normalized spacial score (nSPS) is 10.4. The van der Waals surface area contributed by atoms with Crippen LogP contribution < -0.4 is 0 Å². The van der Waals surface area contributed by atoms with Gasteiger partial charge in [0.15, 0.2) is 0 Å². The molecule has 0 unspecified atom stereocenters. The van der Waals surface area contributed by atoms with E-state index in [1.54, 1.807) is 7.05 Å². The maximum absolute atomic E-state index is 10.9. The van der Waals surface area contributed by atoms with Crippen LogP contribution in [0.15, 0.2) is 42.5 Å². The van der Waals surface area contributed by atoms with Crippen molar-refractivity contribution < 1.29 is 4.79 Å². The minimum Gasteiger partial charge on any atom is -0.328 e. The molecular formula is C13H12ClNO. The molecule has 3 heteroatoms. The number of carbonyl (C=O) groups is 1. The van der Waals surface area contributed by atoms with Crippen LogP contribution >= 0.6 is 11.6 Å². The summed E-state index contributed by atoms with van der Waals surface area (Å²) in [5, 5.41) is 1.94. The van der Waals surface area contributed by atoms with Gasteiger partial charge in [0, 0.05) is 13.6 Å². The number of fused-ring (bicyclic) bond motifs is 1. The molecule has 0 radical (unpaired) electrons. The van der Waals surface area contributed by atoms with Crippen molar-refractivity contribution in [3.8, 4) is 0 Å². The van der Waals surface area contributed by atoms with Crippen molar-refractivity contribution in [1.82, 2.24) is 4.90 Å². The third-order valence-electron chi connectivity index (χ3n) is 2.53. The molecule has 0 fully saturated rings. The number of hydrogen-bond donors (Lipinski definition) is 0. The fourth-order valence-electron chi connectivity index (χ4n) is 1.67. The molecule has 0 N–H and O–H groups in total. The zero-order valence-corrected chi connectivity index (χ0v) is 9.74. The van der Waals surface area contributed by atoms with Gasteiger partial charge in [-0.3, -0.25) is 4.79 Å². The van der Waals surface area contributed by atoms with E-state index in [2.05, 4.69) is 24.3 Å². The lowest BCUT2D eigenvalue weighted by Crippen LogP contribution is -2.19. The molecule has 0 bridgehead atoms. The Kier molecular flexibility index (Phi) is 3.11. The molecule has 0 spiro atoms. The quantitative estimate of drug-likeness (QED) is 0.573. The Morgan fingerprint density at radius 2 is 1.88 bits per heavy atom. The molecule has 1 amide bonds. The molecule has 82 valence electrons. The molecule has 0 aromatic heterocycles. The Hall–Kier alpha value is -1.54. The van der Waals surface area contributed by atoms with Crippen molar-refractivity contribution in [3.05, 3.63) is 48.0 Å². The molecule has 0 saturated carbocycles. The second kappa shape index (κ2) is 4.54. The van der Waals surface area contributed by atoms with Crippen molar-refractivity contribution in [2.75, 3.05) is 7.05 Å². The van der Waals surface area contributed by atoms with Gasteiger partial charge in [-0.2, -0.15) is 0 Å². The third-order valence-corrected chi connectivity index (χ3v) is 2.82. The number of nitrogens with zero attached hydrogens (tertiary/aromatic N) is 1. The average molecular weight is 234 g/mol. The fourth-order valence-corrected chi connectivity index (χ4v) is 1.73. The molecule has 0 aliphatic heterocycles. The van der Waals surface area contributed by atoms with Crippen LogP contribution in [0.25, 0.3) is 10.8 Å². The summed E-state index contributed by atoms with van der Waals surface area (Å²) in [7, 11) is 1.69. The first kappa shape index (κ1) is 11.0. The Bertz CT molecular complexity index is 524. The van der Waals surface area contributed by atoms with Crippen molar-refractivity contribution >= 4 is 27.7 Å². The van der Waals surface area contributed by atoms with Gasteiger partial charge in [0.1, 0.15) is 0 Å². The first-order valence-corrected chi connectivity index (χ1v) is 5.43. The minimum atomic E-state index is -0.437. The van der Waals surface area contributed by atoms with E-state index in [9.17, 15) is 4.79 Å². The Morgan fingerprint density at radius 3 is 2.56 bits per heavy atom. The van der Waals surface area contributed by atoms with E-state index in [1.165, 1.54) is 15.7 Å². The molecule has 2 rings (SSSR count). The first-order valence-electron chi connectivity index (χ1n) is 5.05. The molecule has 16 heavy (non-hydrogen) atoms. The molecule has 0 aliphatic carbocycles. The third kappa shape index (κ3) is 2.34. The summed E-state index contributed by atoms with van der Waals surface area (Å²) in [4.78, 5) is 12.4. The summed E-state index contributed by atoms with van der Waals surface area (Å²) < 4.78 is 0. The maximum Gasteiger partial charge on any atom is 0.316 e. The van der Waals surface area contributed by atoms with Crippen LogP contribution in [0.3, 0.4) is 0 Å². The molecule has 2 aromatic carbocycles. The Balaban J connectivity index is 2.29. The second-order valence-corrected chi connectivity index (χ2v) is 4.11. The largest absolute Gasteiger partial charge is 0.328 e. The summed E-state index contributed by atoms with van der Waals surface area (Å²) in [6.45, 7) is 0.535. The van der Waals surface area contributed by atoms with Crippen LogP contribution in [-0.4, -0.2) is 17.3 Å². The van der Waals surface area contributed by atoms with Gasteiger partial charge in [0.05, 0.1) is 0 Å². The average Bonchev–Trinajstić information content (AvgIpc) is 2.28. The smallest absolute Gasteiger partial charge is 0.316 e. The van der Waals surface area contributed by atoms with Crippen LogP contribution in [0.5, 0.6) is 0 Å². The predicted octanol–water partition coefficient (Wildman–Crippen LogP) is 3.63. The lowest BCUT2D eigenvalue weighted by atomic mass is 10.1. The van der Waals surface area contributed by atoms with Crippen molar-refractivity contribution in [1.29, 1.82) is 0 Å². The number of benzene rings is 2. The molecule has 0 heterocycles. The summed E-state index contributed by atoms with van der Waals surface area (Å²) >= 11 is 5.38. The molecular weight excluding hydrogens is 222 g/mol. The lowest BCUT2D eigenvalue weighted by molar-refractivity contribution is 0.230. The number of hydrogen-bond acceptors (Lipinski definition) is 1. The Morgan fingerprint density at radius 1 is 1.19 bits per heavy atom. The van der Waals surface area contributed by atoms with Crippen LogP contribution in [0.4, 0.5) is 4.79 Å². The van der Waals surface area contributed by atoms with E-state index < -0.39 is 5.37 Å². The van der Waals surface area contributed by atoms with Crippen LogP contribution in [0.1, 0.15) is 5.56 Å². The highest BCUT2D eigenvalue weighted by Gasteiger charge is 2.05. The number of rotatable bonds is 2. The van der Waals surface area contributed by atoms with Gasteiger partial charge in [-0.05, 0) is 34.0 Å². The number of carbonyl (C=O) groups excluding carboxylic acids is 1. The van der Waals surface area contributed by atoms with Gasteiger partial charge in [-0.1, -0.05) is 36.4 Å². The number of halogens is 1. The molecule has 2 aromatic rings. The standard InChI is InChI=1S/C13H12ClNO/c1-15(13(14)16)9-10-6-7-11-4-2-3-5-12(11)8-10/h2-8H,9H2,1H3. The zero-order valence-electron chi connectivity index (χ0n) is 8.98. The van der Waals surface area contributed by atoms with E-state index in [-0.39, 0.29) is 0 Å². The lowest BCUT2D eigenvalue weighted by Gasteiger charge is -2.13. The van der Waals surface area contributed by atoms with Gasteiger partial charge >= 0.3 is 5.37 Å².